The highest BCUT2D eigenvalue weighted by Crippen LogP contribution is 2.34. The normalized spacial score (nSPS) is 10.1. The Morgan fingerprint density at radius 1 is 1.40 bits per heavy atom. The van der Waals surface area contributed by atoms with E-state index < -0.39 is 0 Å². The van der Waals surface area contributed by atoms with E-state index in [1.807, 2.05) is 6.26 Å². The molecule has 0 saturated carbocycles. The topological polar surface area (TPSA) is 26.3 Å². The molecule has 1 aromatic rings. The highest BCUT2D eigenvalue weighted by Gasteiger charge is 2.15. The number of halogens is 2. The summed E-state index contributed by atoms with van der Waals surface area (Å²) in [5, 5.41) is 0.543. The van der Waals surface area contributed by atoms with Crippen molar-refractivity contribution in [1.82, 2.24) is 0 Å². The fraction of sp³-hybridized carbons (Fsp3) is 0.300. The molecule has 82 valence electrons. The lowest BCUT2D eigenvalue weighted by atomic mass is 10.1. The molecule has 1 rings (SSSR count). The number of methoxy groups -OCH3 is 1. The molecular weight excluding hydrogens is 255 g/mol. The summed E-state index contributed by atoms with van der Waals surface area (Å²) < 4.78 is 4.99. The molecule has 5 heteroatoms. The third-order valence-corrected chi connectivity index (χ3v) is 3.26. The number of Topliss-reactive ketones (excluding diaryl/α,β-unsaturated/α-hetero) is 1. The van der Waals surface area contributed by atoms with Gasteiger partial charge in [-0.2, -0.15) is 11.8 Å². The van der Waals surface area contributed by atoms with Crippen LogP contribution in [0.4, 0.5) is 0 Å². The molecule has 1 aromatic carbocycles. The molecule has 0 N–H and O–H groups in total. The summed E-state index contributed by atoms with van der Waals surface area (Å²) in [5.74, 6) is 0.835. The molecule has 0 aliphatic heterocycles. The molecule has 0 spiro atoms. The zero-order valence-corrected chi connectivity index (χ0v) is 10.7. The minimum absolute atomic E-state index is 0.0305. The van der Waals surface area contributed by atoms with Crippen LogP contribution in [-0.4, -0.2) is 24.9 Å². The number of thioether (sulfide) groups is 1. The van der Waals surface area contributed by atoms with Crippen LogP contribution in [0.1, 0.15) is 10.4 Å². The fourth-order valence-electron chi connectivity index (χ4n) is 1.11. The quantitative estimate of drug-likeness (QED) is 0.779. The third kappa shape index (κ3) is 2.80. The van der Waals surface area contributed by atoms with Gasteiger partial charge in [-0.3, -0.25) is 4.79 Å². The van der Waals surface area contributed by atoms with Crippen molar-refractivity contribution < 1.29 is 9.53 Å². The Hall–Kier alpha value is -0.380. The van der Waals surface area contributed by atoms with Crippen molar-refractivity contribution in [2.45, 2.75) is 0 Å². The van der Waals surface area contributed by atoms with Crippen LogP contribution in [0.25, 0.3) is 0 Å². The summed E-state index contributed by atoms with van der Waals surface area (Å²) >= 11 is 13.3. The van der Waals surface area contributed by atoms with Crippen molar-refractivity contribution in [3.63, 3.8) is 0 Å². The lowest BCUT2D eigenvalue weighted by molar-refractivity contribution is 0.102. The van der Waals surface area contributed by atoms with Crippen molar-refractivity contribution in [2.24, 2.45) is 0 Å². The second-order valence-corrected chi connectivity index (χ2v) is 4.42. The molecule has 0 aliphatic carbocycles. The van der Waals surface area contributed by atoms with E-state index in [0.717, 1.165) is 0 Å². The number of hydrogen-bond donors (Lipinski definition) is 0. The van der Waals surface area contributed by atoms with Crippen LogP contribution in [0.15, 0.2) is 12.1 Å². The van der Waals surface area contributed by atoms with Gasteiger partial charge in [-0.1, -0.05) is 23.2 Å². The van der Waals surface area contributed by atoms with Crippen molar-refractivity contribution in [3.8, 4) is 5.75 Å². The molecule has 0 fully saturated rings. The number of rotatable bonds is 4. The zero-order chi connectivity index (χ0) is 11.4. The number of carbonyl (C=O) groups is 1. The largest absolute Gasteiger partial charge is 0.495 e. The van der Waals surface area contributed by atoms with Gasteiger partial charge in [-0.25, -0.2) is 0 Å². The molecule has 15 heavy (non-hydrogen) atoms. The second kappa shape index (κ2) is 5.64. The Labute approximate surface area is 103 Å². The lowest BCUT2D eigenvalue weighted by Crippen LogP contribution is -2.03. The van der Waals surface area contributed by atoms with Crippen LogP contribution in [-0.2, 0) is 0 Å². The second-order valence-electron chi connectivity index (χ2n) is 2.80. The standard InChI is InChI=1S/C10H10Cl2O2S/c1-14-8-4-3-6(7(13)5-15-2)9(11)10(8)12/h3-4H,5H2,1-2H3. The minimum atomic E-state index is -0.0305. The molecule has 0 atom stereocenters. The van der Waals surface area contributed by atoms with E-state index in [1.54, 1.807) is 12.1 Å². The summed E-state index contributed by atoms with van der Waals surface area (Å²) in [4.78, 5) is 11.6. The van der Waals surface area contributed by atoms with Crippen LogP contribution in [0.5, 0.6) is 5.75 Å². The number of benzene rings is 1. The van der Waals surface area contributed by atoms with Gasteiger partial charge in [0.15, 0.2) is 5.78 Å². The summed E-state index contributed by atoms with van der Waals surface area (Å²) in [6.07, 6.45) is 1.86. The minimum Gasteiger partial charge on any atom is -0.495 e. The van der Waals surface area contributed by atoms with Gasteiger partial charge >= 0.3 is 0 Å². The van der Waals surface area contributed by atoms with Crippen LogP contribution < -0.4 is 4.74 Å². The van der Waals surface area contributed by atoms with Crippen molar-refractivity contribution in [3.05, 3.63) is 27.7 Å². The summed E-state index contributed by atoms with van der Waals surface area (Å²) in [6, 6.07) is 3.27. The maximum absolute atomic E-state index is 11.6. The summed E-state index contributed by atoms with van der Waals surface area (Å²) in [6.45, 7) is 0. The third-order valence-electron chi connectivity index (χ3n) is 1.84. The maximum Gasteiger partial charge on any atom is 0.174 e. The Bertz CT molecular complexity index is 380. The maximum atomic E-state index is 11.6. The number of carbonyl (C=O) groups excluding carboxylic acids is 1. The number of ketones is 1. The van der Waals surface area contributed by atoms with Gasteiger partial charge in [0.1, 0.15) is 10.8 Å². The van der Waals surface area contributed by atoms with E-state index in [0.29, 0.717) is 17.1 Å². The van der Waals surface area contributed by atoms with E-state index in [4.69, 9.17) is 27.9 Å². The SMILES string of the molecule is COc1ccc(C(=O)CSC)c(Cl)c1Cl. The lowest BCUT2D eigenvalue weighted by Gasteiger charge is -2.08. The smallest absolute Gasteiger partial charge is 0.174 e. The van der Waals surface area contributed by atoms with Crippen LogP contribution in [0, 0.1) is 0 Å². The molecule has 0 bridgehead atoms. The van der Waals surface area contributed by atoms with Gasteiger partial charge < -0.3 is 4.74 Å². The van der Waals surface area contributed by atoms with E-state index in [9.17, 15) is 4.79 Å². The molecule has 0 aliphatic rings. The average Bonchev–Trinajstić information content (AvgIpc) is 2.22. The first-order valence-electron chi connectivity index (χ1n) is 4.16. The monoisotopic (exact) mass is 264 g/mol. The predicted octanol–water partition coefficient (Wildman–Crippen LogP) is 3.55. The number of ether oxygens (including phenoxy) is 1. The molecule has 0 unspecified atom stereocenters. The van der Waals surface area contributed by atoms with E-state index in [-0.39, 0.29) is 15.8 Å². The van der Waals surface area contributed by atoms with Gasteiger partial charge in [0.25, 0.3) is 0 Å². The Kier molecular flexibility index (Phi) is 4.77. The van der Waals surface area contributed by atoms with Gasteiger partial charge in [0.05, 0.1) is 17.9 Å². The van der Waals surface area contributed by atoms with Gasteiger partial charge in [-0.15, -0.1) is 0 Å². The van der Waals surface area contributed by atoms with Crippen LogP contribution in [0.2, 0.25) is 10.0 Å². The van der Waals surface area contributed by atoms with E-state index in [1.165, 1.54) is 18.9 Å². The average molecular weight is 265 g/mol. The molecule has 0 saturated heterocycles. The summed E-state index contributed by atoms with van der Waals surface area (Å²) in [7, 11) is 1.50. The van der Waals surface area contributed by atoms with Crippen LogP contribution in [0.3, 0.4) is 0 Å². The predicted molar refractivity (Wildman–Crippen MR) is 65.7 cm³/mol. The Morgan fingerprint density at radius 2 is 2.07 bits per heavy atom. The van der Waals surface area contributed by atoms with E-state index >= 15 is 0 Å². The molecular formula is C10H10Cl2O2S. The fourth-order valence-corrected chi connectivity index (χ4v) is 2.03. The Morgan fingerprint density at radius 3 is 2.60 bits per heavy atom. The molecule has 0 heterocycles. The van der Waals surface area contributed by atoms with Crippen molar-refractivity contribution >= 4 is 40.7 Å². The Balaban J connectivity index is 3.11. The highest BCUT2D eigenvalue weighted by molar-refractivity contribution is 7.99. The molecule has 0 aromatic heterocycles. The van der Waals surface area contributed by atoms with E-state index in [2.05, 4.69) is 0 Å². The first-order chi connectivity index (χ1) is 7.11. The van der Waals surface area contributed by atoms with Gasteiger partial charge in [-0.05, 0) is 18.4 Å². The van der Waals surface area contributed by atoms with Gasteiger partial charge in [0, 0.05) is 5.56 Å². The van der Waals surface area contributed by atoms with Gasteiger partial charge in [0.2, 0.25) is 0 Å². The first-order valence-corrected chi connectivity index (χ1v) is 6.31. The molecule has 0 amide bonds. The molecule has 2 nitrogen and oxygen atoms in total. The van der Waals surface area contributed by atoms with Crippen molar-refractivity contribution in [2.75, 3.05) is 19.1 Å². The highest BCUT2D eigenvalue weighted by atomic mass is 35.5. The number of hydrogen-bond acceptors (Lipinski definition) is 3. The van der Waals surface area contributed by atoms with Crippen molar-refractivity contribution in [1.29, 1.82) is 0 Å². The summed E-state index contributed by atoms with van der Waals surface area (Å²) in [5.41, 5.74) is 0.441. The zero-order valence-electron chi connectivity index (χ0n) is 8.34. The first kappa shape index (κ1) is 12.7. The molecule has 0 radical (unpaired) electrons. The van der Waals surface area contributed by atoms with Crippen LogP contribution >= 0.6 is 35.0 Å².